The Kier molecular flexibility index (Phi) is 12.1. The third-order valence-electron chi connectivity index (χ3n) is 1.65. The van der Waals surface area contributed by atoms with Crippen LogP contribution in [0.4, 0.5) is 0 Å². The number of sulfonamides is 1. The Morgan fingerprint density at radius 1 is 1.35 bits per heavy atom. The molecule has 0 aromatic heterocycles. The van der Waals surface area contributed by atoms with Crippen molar-refractivity contribution >= 4 is 40.0 Å². The van der Waals surface area contributed by atoms with E-state index < -0.39 is 10.0 Å². The van der Waals surface area contributed by atoms with E-state index in [-0.39, 0.29) is 24.0 Å². The molecule has 0 spiro atoms. The third kappa shape index (κ3) is 13.6. The molecule has 3 N–H and O–H groups in total. The summed E-state index contributed by atoms with van der Waals surface area (Å²) in [6.07, 6.45) is 3.57. The van der Waals surface area contributed by atoms with Crippen molar-refractivity contribution in [3.05, 3.63) is 12.7 Å². The van der Waals surface area contributed by atoms with Crippen LogP contribution in [0.5, 0.6) is 0 Å². The molecule has 0 saturated carbocycles. The highest BCUT2D eigenvalue weighted by Crippen LogP contribution is 1.78. The molecule has 0 amide bonds. The Labute approximate surface area is 120 Å². The predicted octanol–water partition coefficient (Wildman–Crippen LogP) is -0.105. The zero-order valence-electron chi connectivity index (χ0n) is 10.2. The first-order valence-electron chi connectivity index (χ1n) is 4.99. The van der Waals surface area contributed by atoms with Crippen molar-refractivity contribution in [2.24, 2.45) is 4.99 Å². The maximum absolute atomic E-state index is 10.7. The van der Waals surface area contributed by atoms with Crippen LogP contribution >= 0.6 is 24.0 Å². The van der Waals surface area contributed by atoms with Crippen LogP contribution in [0.25, 0.3) is 0 Å². The number of halogens is 1. The highest BCUT2D eigenvalue weighted by molar-refractivity contribution is 14.0. The summed E-state index contributed by atoms with van der Waals surface area (Å²) in [5.41, 5.74) is 0. The predicted molar refractivity (Wildman–Crippen MR) is 82.4 cm³/mol. The third-order valence-corrected chi connectivity index (χ3v) is 2.38. The van der Waals surface area contributed by atoms with E-state index in [9.17, 15) is 8.42 Å². The van der Waals surface area contributed by atoms with Gasteiger partial charge in [0, 0.05) is 26.7 Å². The first-order valence-corrected chi connectivity index (χ1v) is 6.89. The van der Waals surface area contributed by atoms with Gasteiger partial charge in [-0.25, -0.2) is 13.1 Å². The van der Waals surface area contributed by atoms with Gasteiger partial charge in [0.15, 0.2) is 5.96 Å². The SMILES string of the molecule is C=CCNC(=NC)NCCCNS(C)(=O)=O.I. The lowest BCUT2D eigenvalue weighted by Crippen LogP contribution is -2.38. The largest absolute Gasteiger partial charge is 0.356 e. The molecule has 0 unspecified atom stereocenters. The summed E-state index contributed by atoms with van der Waals surface area (Å²) < 4.78 is 23.9. The quantitative estimate of drug-likeness (QED) is 0.191. The second kappa shape index (κ2) is 10.8. The number of nitrogens with zero attached hydrogens (tertiary/aromatic N) is 1. The number of nitrogens with one attached hydrogen (secondary N) is 3. The monoisotopic (exact) mass is 376 g/mol. The van der Waals surface area contributed by atoms with Crippen LogP contribution in [-0.2, 0) is 10.0 Å². The molecule has 0 aliphatic carbocycles. The summed E-state index contributed by atoms with van der Waals surface area (Å²) in [7, 11) is -1.41. The number of aliphatic imine (C=N–C) groups is 1. The van der Waals surface area contributed by atoms with Crippen LogP contribution < -0.4 is 15.4 Å². The molecule has 102 valence electrons. The van der Waals surface area contributed by atoms with Gasteiger partial charge < -0.3 is 10.6 Å². The van der Waals surface area contributed by atoms with Gasteiger partial charge in [-0.2, -0.15) is 0 Å². The van der Waals surface area contributed by atoms with Gasteiger partial charge in [0.25, 0.3) is 0 Å². The van der Waals surface area contributed by atoms with E-state index in [0.29, 0.717) is 32.0 Å². The first-order chi connectivity index (χ1) is 7.49. The minimum absolute atomic E-state index is 0. The van der Waals surface area contributed by atoms with Crippen molar-refractivity contribution in [2.45, 2.75) is 6.42 Å². The van der Waals surface area contributed by atoms with Gasteiger partial charge in [-0.05, 0) is 6.42 Å². The van der Waals surface area contributed by atoms with E-state index in [1.807, 2.05) is 0 Å². The topological polar surface area (TPSA) is 82.6 Å². The summed E-state index contributed by atoms with van der Waals surface area (Å²) in [4.78, 5) is 3.98. The molecule has 0 fully saturated rings. The fraction of sp³-hybridized carbons (Fsp3) is 0.667. The molecule has 0 bridgehead atoms. The van der Waals surface area contributed by atoms with Crippen molar-refractivity contribution < 1.29 is 8.42 Å². The van der Waals surface area contributed by atoms with Gasteiger partial charge >= 0.3 is 0 Å². The number of hydrogen-bond donors (Lipinski definition) is 3. The summed E-state index contributed by atoms with van der Waals surface area (Å²) in [6.45, 7) is 5.29. The van der Waals surface area contributed by atoms with Crippen LogP contribution in [0.1, 0.15) is 6.42 Å². The summed E-state index contributed by atoms with van der Waals surface area (Å²) >= 11 is 0. The van der Waals surface area contributed by atoms with E-state index in [1.54, 1.807) is 13.1 Å². The van der Waals surface area contributed by atoms with Crippen LogP contribution in [-0.4, -0.2) is 47.3 Å². The van der Waals surface area contributed by atoms with E-state index in [1.165, 1.54) is 0 Å². The second-order valence-corrected chi connectivity index (χ2v) is 5.02. The van der Waals surface area contributed by atoms with Crippen molar-refractivity contribution in [2.75, 3.05) is 32.9 Å². The Balaban J connectivity index is 0. The van der Waals surface area contributed by atoms with E-state index >= 15 is 0 Å². The maximum atomic E-state index is 10.7. The molecular weight excluding hydrogens is 355 g/mol. The highest BCUT2D eigenvalue weighted by atomic mass is 127. The average Bonchev–Trinajstić information content (AvgIpc) is 2.20. The molecule has 0 aromatic rings. The highest BCUT2D eigenvalue weighted by Gasteiger charge is 1.99. The van der Waals surface area contributed by atoms with Crippen LogP contribution in [0, 0.1) is 0 Å². The molecule has 0 atom stereocenters. The minimum Gasteiger partial charge on any atom is -0.356 e. The van der Waals surface area contributed by atoms with Gasteiger partial charge in [0.1, 0.15) is 0 Å². The molecule has 8 heteroatoms. The number of hydrogen-bond acceptors (Lipinski definition) is 3. The van der Waals surface area contributed by atoms with E-state index in [4.69, 9.17) is 0 Å². The van der Waals surface area contributed by atoms with Crippen LogP contribution in [0.2, 0.25) is 0 Å². The molecule has 6 nitrogen and oxygen atoms in total. The number of rotatable bonds is 7. The van der Waals surface area contributed by atoms with Gasteiger partial charge in [-0.15, -0.1) is 30.6 Å². The molecule has 0 aliphatic heterocycles. The Morgan fingerprint density at radius 2 is 2.00 bits per heavy atom. The summed E-state index contributed by atoms with van der Waals surface area (Å²) in [5, 5.41) is 6.06. The van der Waals surface area contributed by atoms with Gasteiger partial charge in [0.05, 0.1) is 6.26 Å². The lowest BCUT2D eigenvalue weighted by molar-refractivity contribution is 0.584. The molecule has 0 aliphatic rings. The van der Waals surface area contributed by atoms with Crippen molar-refractivity contribution in [1.82, 2.24) is 15.4 Å². The Hall–Kier alpha value is -0.350. The summed E-state index contributed by atoms with van der Waals surface area (Å²) in [5.74, 6) is 0.680. The molecule has 0 rings (SSSR count). The van der Waals surface area contributed by atoms with Crippen molar-refractivity contribution in [1.29, 1.82) is 0 Å². The molecule has 0 radical (unpaired) electrons. The molecule has 0 aromatic carbocycles. The molecule has 0 saturated heterocycles. The fourth-order valence-corrected chi connectivity index (χ4v) is 1.46. The maximum Gasteiger partial charge on any atom is 0.208 e. The fourth-order valence-electron chi connectivity index (χ4n) is 0.942. The number of guanidine groups is 1. The zero-order valence-corrected chi connectivity index (χ0v) is 13.3. The molecule has 0 heterocycles. The van der Waals surface area contributed by atoms with Gasteiger partial charge in [0.2, 0.25) is 10.0 Å². The lowest BCUT2D eigenvalue weighted by Gasteiger charge is -2.10. The van der Waals surface area contributed by atoms with E-state index in [0.717, 1.165) is 6.26 Å². The zero-order chi connectivity index (χ0) is 12.4. The van der Waals surface area contributed by atoms with Gasteiger partial charge in [-0.1, -0.05) is 6.08 Å². The Bertz CT molecular complexity index is 330. The second-order valence-electron chi connectivity index (χ2n) is 3.19. The van der Waals surface area contributed by atoms with E-state index in [2.05, 4.69) is 26.9 Å². The average molecular weight is 376 g/mol. The minimum atomic E-state index is -3.08. The standard InChI is InChI=1S/C9H20N4O2S.HI/c1-4-6-11-9(10-2)12-7-5-8-13-16(3,14)15;/h4,13H,1,5-8H2,2-3H3,(H2,10,11,12);1H. The normalized spacial score (nSPS) is 11.5. The van der Waals surface area contributed by atoms with Crippen LogP contribution in [0.3, 0.4) is 0 Å². The summed E-state index contributed by atoms with van der Waals surface area (Å²) in [6, 6.07) is 0. The molecular formula is C9H21IN4O2S. The smallest absolute Gasteiger partial charge is 0.208 e. The van der Waals surface area contributed by atoms with Crippen molar-refractivity contribution in [3.63, 3.8) is 0 Å². The molecule has 17 heavy (non-hydrogen) atoms. The van der Waals surface area contributed by atoms with Crippen LogP contribution in [0.15, 0.2) is 17.6 Å². The van der Waals surface area contributed by atoms with Gasteiger partial charge in [-0.3, -0.25) is 4.99 Å². The Morgan fingerprint density at radius 3 is 2.47 bits per heavy atom. The lowest BCUT2D eigenvalue weighted by atomic mass is 10.4. The first kappa shape index (κ1) is 19.0. The van der Waals surface area contributed by atoms with Crippen molar-refractivity contribution in [3.8, 4) is 0 Å².